The lowest BCUT2D eigenvalue weighted by Gasteiger charge is -2.22. The summed E-state index contributed by atoms with van der Waals surface area (Å²) in [7, 11) is 0. The van der Waals surface area contributed by atoms with Gasteiger partial charge in [-0.2, -0.15) is 0 Å². The predicted octanol–water partition coefficient (Wildman–Crippen LogP) is 1.52. The first kappa shape index (κ1) is 19.4. The van der Waals surface area contributed by atoms with Crippen molar-refractivity contribution in [3.05, 3.63) is 39.9 Å². The minimum atomic E-state index is -1.38. The first-order valence-electron chi connectivity index (χ1n) is 8.24. The Bertz CT molecular complexity index is 746. The lowest BCUT2D eigenvalue weighted by molar-refractivity contribution is -0.384. The smallest absolute Gasteiger partial charge is 0.325 e. The number of non-ortho nitro benzene ring substituents is 1. The third-order valence-electron chi connectivity index (χ3n) is 4.62. The van der Waals surface area contributed by atoms with Crippen molar-refractivity contribution in [2.75, 3.05) is 6.54 Å². The lowest BCUT2D eigenvalue weighted by Crippen LogP contribution is -2.46. The van der Waals surface area contributed by atoms with E-state index in [0.29, 0.717) is 5.56 Å². The summed E-state index contributed by atoms with van der Waals surface area (Å²) in [4.78, 5) is 48.1. The largest absolute Gasteiger partial charge is 0.352 e. The third-order valence-corrected chi connectivity index (χ3v) is 4.62. The normalized spacial score (nSPS) is 20.9. The summed E-state index contributed by atoms with van der Waals surface area (Å²) < 4.78 is 0. The number of benzene rings is 1. The molecule has 0 spiro atoms. The Balaban J connectivity index is 2.16. The van der Waals surface area contributed by atoms with Gasteiger partial charge in [0, 0.05) is 18.2 Å². The Morgan fingerprint density at radius 1 is 1.27 bits per heavy atom. The van der Waals surface area contributed by atoms with E-state index in [4.69, 9.17) is 0 Å². The second-order valence-electron chi connectivity index (χ2n) is 6.85. The monoisotopic (exact) mass is 362 g/mol. The molecule has 1 aliphatic rings. The predicted molar refractivity (Wildman–Crippen MR) is 93.1 cm³/mol. The van der Waals surface area contributed by atoms with Crippen LogP contribution in [0.4, 0.5) is 10.5 Å². The van der Waals surface area contributed by atoms with E-state index < -0.39 is 28.3 Å². The van der Waals surface area contributed by atoms with Gasteiger partial charge < -0.3 is 10.6 Å². The molecule has 1 fully saturated rings. The van der Waals surface area contributed by atoms with Crippen molar-refractivity contribution in [3.63, 3.8) is 0 Å². The zero-order chi connectivity index (χ0) is 19.6. The number of urea groups is 1. The Hall–Kier alpha value is -2.97. The van der Waals surface area contributed by atoms with Gasteiger partial charge in [0.1, 0.15) is 12.1 Å². The highest BCUT2D eigenvalue weighted by atomic mass is 16.6. The van der Waals surface area contributed by atoms with Crippen LogP contribution in [0.1, 0.15) is 33.3 Å². The zero-order valence-corrected chi connectivity index (χ0v) is 15.1. The summed E-state index contributed by atoms with van der Waals surface area (Å²) in [5, 5.41) is 16.1. The van der Waals surface area contributed by atoms with E-state index >= 15 is 0 Å². The second kappa shape index (κ2) is 7.11. The maximum Gasteiger partial charge on any atom is 0.325 e. The number of nitrogens with one attached hydrogen (secondary N) is 2. The van der Waals surface area contributed by atoms with E-state index in [-0.39, 0.29) is 24.2 Å². The van der Waals surface area contributed by atoms with Crippen molar-refractivity contribution in [1.29, 1.82) is 0 Å². The highest BCUT2D eigenvalue weighted by molar-refractivity contribution is 6.09. The molecular weight excluding hydrogens is 340 g/mol. The van der Waals surface area contributed by atoms with Crippen molar-refractivity contribution in [2.24, 2.45) is 5.92 Å². The maximum absolute atomic E-state index is 12.7. The molecule has 1 aliphatic heterocycles. The number of hydrogen-bond acceptors (Lipinski definition) is 5. The molecule has 0 aromatic heterocycles. The van der Waals surface area contributed by atoms with Crippen molar-refractivity contribution in [2.45, 2.75) is 39.3 Å². The summed E-state index contributed by atoms with van der Waals surface area (Å²) in [5.41, 5.74) is -1.09. The molecule has 2 rings (SSSR count). The molecule has 0 bridgehead atoms. The van der Waals surface area contributed by atoms with Crippen molar-refractivity contribution in [1.82, 2.24) is 15.5 Å². The number of nitro benzene ring substituents is 1. The SMILES string of the molecule is CC(C)[C@@H](C)NC(=O)CN1C(=O)N[C@](C)(c2ccc([N+](=O)[O-])cc2)C1=O. The van der Waals surface area contributed by atoms with Crippen LogP contribution in [0.5, 0.6) is 0 Å². The number of amides is 4. The van der Waals surface area contributed by atoms with Crippen molar-refractivity contribution < 1.29 is 19.3 Å². The topological polar surface area (TPSA) is 122 Å². The minimum Gasteiger partial charge on any atom is -0.352 e. The molecule has 0 saturated carbocycles. The van der Waals surface area contributed by atoms with Gasteiger partial charge in [-0.05, 0) is 37.5 Å². The van der Waals surface area contributed by atoms with Gasteiger partial charge in [0.2, 0.25) is 5.91 Å². The van der Waals surface area contributed by atoms with E-state index in [2.05, 4.69) is 10.6 Å². The second-order valence-corrected chi connectivity index (χ2v) is 6.85. The van der Waals surface area contributed by atoms with Gasteiger partial charge in [-0.15, -0.1) is 0 Å². The minimum absolute atomic E-state index is 0.0932. The van der Waals surface area contributed by atoms with Crippen LogP contribution in [0, 0.1) is 16.0 Å². The Labute approximate surface area is 150 Å². The van der Waals surface area contributed by atoms with Crippen LogP contribution < -0.4 is 10.6 Å². The third kappa shape index (κ3) is 3.66. The summed E-state index contributed by atoms with van der Waals surface area (Å²) in [5.74, 6) is -0.793. The van der Waals surface area contributed by atoms with Gasteiger partial charge >= 0.3 is 6.03 Å². The van der Waals surface area contributed by atoms with Gasteiger partial charge in [0.25, 0.3) is 11.6 Å². The van der Waals surface area contributed by atoms with E-state index in [0.717, 1.165) is 4.90 Å². The molecule has 0 radical (unpaired) electrons. The van der Waals surface area contributed by atoms with Gasteiger partial charge in [-0.1, -0.05) is 13.8 Å². The quantitative estimate of drug-likeness (QED) is 0.451. The maximum atomic E-state index is 12.7. The first-order chi connectivity index (χ1) is 12.1. The lowest BCUT2D eigenvalue weighted by atomic mass is 9.92. The molecule has 0 aliphatic carbocycles. The number of carbonyl (C=O) groups excluding carboxylic acids is 3. The molecule has 2 atom stereocenters. The summed E-state index contributed by atoms with van der Waals surface area (Å²) in [6, 6.07) is 4.59. The molecule has 4 amide bonds. The Morgan fingerprint density at radius 3 is 2.35 bits per heavy atom. The standard InChI is InChI=1S/C17H22N4O5/c1-10(2)11(3)18-14(22)9-20-15(23)17(4,19-16(20)24)12-5-7-13(8-6-12)21(25)26/h5-8,10-11H,9H2,1-4H3,(H,18,22)(H,19,24)/t11-,17-/m1/s1. The molecule has 26 heavy (non-hydrogen) atoms. The fraction of sp³-hybridized carbons (Fsp3) is 0.471. The molecule has 9 nitrogen and oxygen atoms in total. The fourth-order valence-electron chi connectivity index (χ4n) is 2.56. The molecule has 2 N–H and O–H groups in total. The first-order valence-corrected chi connectivity index (χ1v) is 8.24. The van der Waals surface area contributed by atoms with Crippen LogP contribution in [-0.4, -0.2) is 40.3 Å². The molecular formula is C17H22N4O5. The molecule has 0 unspecified atom stereocenters. The number of hydrogen-bond donors (Lipinski definition) is 2. The highest BCUT2D eigenvalue weighted by Gasteiger charge is 2.49. The van der Waals surface area contributed by atoms with Crippen molar-refractivity contribution in [3.8, 4) is 0 Å². The highest BCUT2D eigenvalue weighted by Crippen LogP contribution is 2.29. The Kier molecular flexibility index (Phi) is 5.29. The van der Waals surface area contributed by atoms with Crippen LogP contribution in [0.25, 0.3) is 0 Å². The van der Waals surface area contributed by atoms with Crippen LogP contribution in [0.15, 0.2) is 24.3 Å². The summed E-state index contributed by atoms with van der Waals surface area (Å²) >= 11 is 0. The average Bonchev–Trinajstić information content (AvgIpc) is 2.79. The van der Waals surface area contributed by atoms with E-state index in [1.54, 1.807) is 0 Å². The van der Waals surface area contributed by atoms with Gasteiger partial charge in [-0.3, -0.25) is 24.6 Å². The van der Waals surface area contributed by atoms with Crippen LogP contribution in [-0.2, 0) is 15.1 Å². The zero-order valence-electron chi connectivity index (χ0n) is 15.1. The molecule has 1 aromatic rings. The summed E-state index contributed by atoms with van der Waals surface area (Å²) in [6.45, 7) is 6.86. The van der Waals surface area contributed by atoms with E-state index in [1.807, 2.05) is 20.8 Å². The van der Waals surface area contributed by atoms with E-state index in [9.17, 15) is 24.5 Å². The number of carbonyl (C=O) groups is 3. The number of imide groups is 1. The number of nitro groups is 1. The fourth-order valence-corrected chi connectivity index (χ4v) is 2.56. The van der Waals surface area contributed by atoms with Gasteiger partial charge in [0.05, 0.1) is 4.92 Å². The van der Waals surface area contributed by atoms with Crippen molar-refractivity contribution >= 4 is 23.5 Å². The Morgan fingerprint density at radius 2 is 1.85 bits per heavy atom. The van der Waals surface area contributed by atoms with Gasteiger partial charge in [0.15, 0.2) is 0 Å². The van der Waals surface area contributed by atoms with E-state index in [1.165, 1.54) is 31.2 Å². The number of nitrogens with zero attached hydrogens (tertiary/aromatic N) is 2. The molecule has 140 valence electrons. The average molecular weight is 362 g/mol. The molecule has 1 saturated heterocycles. The molecule has 1 heterocycles. The van der Waals surface area contributed by atoms with Crippen LogP contribution in [0.2, 0.25) is 0 Å². The molecule has 1 aromatic carbocycles. The van der Waals surface area contributed by atoms with Crippen LogP contribution >= 0.6 is 0 Å². The summed E-state index contributed by atoms with van der Waals surface area (Å²) in [6.07, 6.45) is 0. The molecule has 9 heteroatoms. The van der Waals surface area contributed by atoms with Gasteiger partial charge in [-0.25, -0.2) is 4.79 Å². The number of rotatable bonds is 6. The van der Waals surface area contributed by atoms with Crippen LogP contribution in [0.3, 0.4) is 0 Å².